The molecule has 3 rings (SSSR count). The molecule has 0 spiro atoms. The van der Waals surface area contributed by atoms with Gasteiger partial charge in [-0.3, -0.25) is 9.59 Å². The van der Waals surface area contributed by atoms with E-state index in [1.54, 1.807) is 18.0 Å². The van der Waals surface area contributed by atoms with E-state index in [0.717, 1.165) is 18.8 Å². The Kier molecular flexibility index (Phi) is 6.04. The van der Waals surface area contributed by atoms with Gasteiger partial charge < -0.3 is 14.2 Å². The van der Waals surface area contributed by atoms with E-state index in [9.17, 15) is 9.59 Å². The van der Waals surface area contributed by atoms with E-state index in [1.807, 2.05) is 29.0 Å². The third-order valence-corrected chi connectivity index (χ3v) is 4.90. The number of nitrogens with zero attached hydrogens (tertiary/aromatic N) is 3. The van der Waals surface area contributed by atoms with Crippen molar-refractivity contribution >= 4 is 11.9 Å². The van der Waals surface area contributed by atoms with Gasteiger partial charge in [-0.15, -0.1) is 0 Å². The van der Waals surface area contributed by atoms with Gasteiger partial charge in [0.05, 0.1) is 5.92 Å². The number of likely N-dealkylation sites (tertiary alicyclic amines) is 1. The van der Waals surface area contributed by atoms with Crippen molar-refractivity contribution in [1.82, 2.24) is 14.5 Å². The first-order valence-corrected chi connectivity index (χ1v) is 9.09. The second kappa shape index (κ2) is 8.65. The SMILES string of the molecule is CC(=O)N1CCC(C(=O)OCc2nccn2CCc2ccccc2)CC1. The molecular weight excluding hydrogens is 330 g/mol. The Morgan fingerprint density at radius 2 is 1.92 bits per heavy atom. The number of benzene rings is 1. The third kappa shape index (κ3) is 4.71. The largest absolute Gasteiger partial charge is 0.457 e. The molecule has 0 bridgehead atoms. The fourth-order valence-corrected chi connectivity index (χ4v) is 3.26. The van der Waals surface area contributed by atoms with Crippen LogP contribution in [-0.2, 0) is 33.9 Å². The highest BCUT2D eigenvalue weighted by atomic mass is 16.5. The summed E-state index contributed by atoms with van der Waals surface area (Å²) >= 11 is 0. The topological polar surface area (TPSA) is 64.4 Å². The molecule has 0 saturated carbocycles. The molecule has 6 nitrogen and oxygen atoms in total. The Labute approximate surface area is 153 Å². The van der Waals surface area contributed by atoms with Gasteiger partial charge in [-0.05, 0) is 24.8 Å². The lowest BCUT2D eigenvalue weighted by Gasteiger charge is -2.30. The van der Waals surface area contributed by atoms with E-state index < -0.39 is 0 Å². The third-order valence-electron chi connectivity index (χ3n) is 4.90. The summed E-state index contributed by atoms with van der Waals surface area (Å²) in [6, 6.07) is 10.3. The van der Waals surface area contributed by atoms with Crippen LogP contribution in [0.1, 0.15) is 31.2 Å². The van der Waals surface area contributed by atoms with Crippen LogP contribution < -0.4 is 0 Å². The van der Waals surface area contributed by atoms with Crippen LogP contribution in [0.25, 0.3) is 0 Å². The minimum Gasteiger partial charge on any atom is -0.457 e. The Balaban J connectivity index is 1.47. The molecule has 26 heavy (non-hydrogen) atoms. The summed E-state index contributed by atoms with van der Waals surface area (Å²) in [5.74, 6) is 0.511. The first kappa shape index (κ1) is 18.2. The van der Waals surface area contributed by atoms with E-state index in [2.05, 4.69) is 17.1 Å². The molecule has 0 radical (unpaired) electrons. The second-order valence-electron chi connectivity index (χ2n) is 6.66. The number of imidazole rings is 1. The van der Waals surface area contributed by atoms with Crippen molar-refractivity contribution in [3.8, 4) is 0 Å². The number of amides is 1. The molecule has 0 atom stereocenters. The smallest absolute Gasteiger partial charge is 0.309 e. The van der Waals surface area contributed by atoms with Gasteiger partial charge in [0.15, 0.2) is 0 Å². The minimum absolute atomic E-state index is 0.0669. The van der Waals surface area contributed by atoms with Crippen molar-refractivity contribution in [3.63, 3.8) is 0 Å². The van der Waals surface area contributed by atoms with E-state index in [-0.39, 0.29) is 24.4 Å². The Morgan fingerprint density at radius 3 is 2.62 bits per heavy atom. The predicted molar refractivity (Wildman–Crippen MR) is 97.1 cm³/mol. The van der Waals surface area contributed by atoms with Gasteiger partial charge in [0.2, 0.25) is 5.91 Å². The van der Waals surface area contributed by atoms with E-state index in [1.165, 1.54) is 5.56 Å². The zero-order valence-corrected chi connectivity index (χ0v) is 15.1. The van der Waals surface area contributed by atoms with E-state index >= 15 is 0 Å². The molecule has 2 aromatic rings. The van der Waals surface area contributed by atoms with Crippen molar-refractivity contribution < 1.29 is 14.3 Å². The van der Waals surface area contributed by atoms with Gasteiger partial charge in [0, 0.05) is 39.0 Å². The number of esters is 1. The van der Waals surface area contributed by atoms with Crippen molar-refractivity contribution in [3.05, 3.63) is 54.1 Å². The quantitative estimate of drug-likeness (QED) is 0.747. The fourth-order valence-electron chi connectivity index (χ4n) is 3.26. The standard InChI is InChI=1S/C20H25N3O3/c1-16(24)22-12-8-18(9-13-22)20(25)26-15-19-21-10-14-23(19)11-7-17-5-3-2-4-6-17/h2-6,10,14,18H,7-9,11-13,15H2,1H3. The summed E-state index contributed by atoms with van der Waals surface area (Å²) in [7, 11) is 0. The summed E-state index contributed by atoms with van der Waals surface area (Å²) in [6.07, 6.45) is 5.89. The van der Waals surface area contributed by atoms with Crippen LogP contribution in [0, 0.1) is 5.92 Å². The number of ether oxygens (including phenoxy) is 1. The number of carbonyl (C=O) groups excluding carboxylic acids is 2. The molecule has 0 aliphatic carbocycles. The van der Waals surface area contributed by atoms with Crippen LogP contribution in [0.5, 0.6) is 0 Å². The molecule has 138 valence electrons. The van der Waals surface area contributed by atoms with Gasteiger partial charge in [0.25, 0.3) is 0 Å². The van der Waals surface area contributed by atoms with Crippen molar-refractivity contribution in [2.75, 3.05) is 13.1 Å². The number of rotatable bonds is 6. The zero-order valence-electron chi connectivity index (χ0n) is 15.1. The van der Waals surface area contributed by atoms with Gasteiger partial charge in [0.1, 0.15) is 12.4 Å². The highest BCUT2D eigenvalue weighted by molar-refractivity contribution is 5.75. The predicted octanol–water partition coefficient (Wildman–Crippen LogP) is 2.43. The lowest BCUT2D eigenvalue weighted by Crippen LogP contribution is -2.39. The van der Waals surface area contributed by atoms with Crippen LogP contribution >= 0.6 is 0 Å². The molecule has 2 heterocycles. The normalized spacial score (nSPS) is 15.0. The maximum absolute atomic E-state index is 12.3. The van der Waals surface area contributed by atoms with Gasteiger partial charge in [-0.2, -0.15) is 0 Å². The number of hydrogen-bond donors (Lipinski definition) is 0. The molecular formula is C20H25N3O3. The van der Waals surface area contributed by atoms with Crippen LogP contribution in [-0.4, -0.2) is 39.4 Å². The van der Waals surface area contributed by atoms with Crippen molar-refractivity contribution in [1.29, 1.82) is 0 Å². The van der Waals surface area contributed by atoms with E-state index in [4.69, 9.17) is 4.74 Å². The van der Waals surface area contributed by atoms with Crippen LogP contribution in [0.2, 0.25) is 0 Å². The molecule has 1 amide bonds. The highest BCUT2D eigenvalue weighted by Gasteiger charge is 2.27. The maximum atomic E-state index is 12.3. The lowest BCUT2D eigenvalue weighted by atomic mass is 9.97. The molecule has 1 saturated heterocycles. The Morgan fingerprint density at radius 1 is 1.19 bits per heavy atom. The van der Waals surface area contributed by atoms with Gasteiger partial charge in [-0.25, -0.2) is 4.98 Å². The maximum Gasteiger partial charge on any atom is 0.309 e. The molecule has 1 aromatic heterocycles. The van der Waals surface area contributed by atoms with Gasteiger partial charge in [-0.1, -0.05) is 30.3 Å². The number of hydrogen-bond acceptors (Lipinski definition) is 4. The first-order chi connectivity index (χ1) is 12.6. The Bertz CT molecular complexity index is 734. The molecule has 1 aliphatic heterocycles. The van der Waals surface area contributed by atoms with Crippen molar-refractivity contribution in [2.24, 2.45) is 5.92 Å². The molecule has 1 fully saturated rings. The summed E-state index contributed by atoms with van der Waals surface area (Å²) in [5, 5.41) is 0. The fraction of sp³-hybridized carbons (Fsp3) is 0.450. The van der Waals surface area contributed by atoms with E-state index in [0.29, 0.717) is 25.9 Å². The monoisotopic (exact) mass is 355 g/mol. The molecule has 1 aliphatic rings. The van der Waals surface area contributed by atoms with Gasteiger partial charge >= 0.3 is 5.97 Å². The lowest BCUT2D eigenvalue weighted by molar-refractivity contribution is -0.153. The molecule has 0 unspecified atom stereocenters. The minimum atomic E-state index is -0.189. The number of carbonyl (C=O) groups is 2. The van der Waals surface area contributed by atoms with Crippen LogP contribution in [0.3, 0.4) is 0 Å². The Hall–Kier alpha value is -2.63. The van der Waals surface area contributed by atoms with Crippen LogP contribution in [0.15, 0.2) is 42.7 Å². The average molecular weight is 355 g/mol. The number of aryl methyl sites for hydroxylation is 2. The number of aromatic nitrogens is 2. The summed E-state index contributed by atoms with van der Waals surface area (Å²) in [4.78, 5) is 29.7. The van der Waals surface area contributed by atoms with Crippen molar-refractivity contribution in [2.45, 2.75) is 39.3 Å². The number of piperidine rings is 1. The van der Waals surface area contributed by atoms with Crippen LogP contribution in [0.4, 0.5) is 0 Å². The summed E-state index contributed by atoms with van der Waals surface area (Å²) < 4.78 is 7.52. The summed E-state index contributed by atoms with van der Waals surface area (Å²) in [6.45, 7) is 3.80. The molecule has 1 aromatic carbocycles. The highest BCUT2D eigenvalue weighted by Crippen LogP contribution is 2.19. The first-order valence-electron chi connectivity index (χ1n) is 9.09. The average Bonchev–Trinajstić information content (AvgIpc) is 3.12. The molecule has 6 heteroatoms. The zero-order chi connectivity index (χ0) is 18.4. The molecule has 0 N–H and O–H groups in total. The second-order valence-corrected chi connectivity index (χ2v) is 6.66. The summed E-state index contributed by atoms with van der Waals surface area (Å²) in [5.41, 5.74) is 1.27.